The van der Waals surface area contributed by atoms with Crippen molar-refractivity contribution in [3.8, 4) is 0 Å². The number of nitrogens with two attached hydrogens (primary N) is 1. The van der Waals surface area contributed by atoms with Gasteiger partial charge in [-0.1, -0.05) is 30.5 Å². The van der Waals surface area contributed by atoms with Crippen LogP contribution in [-0.2, 0) is 20.5 Å². The van der Waals surface area contributed by atoms with Crippen LogP contribution < -0.4 is 5.14 Å². The number of carbonyl (C=O) groups excluding carboxylic acids is 1. The van der Waals surface area contributed by atoms with Crippen molar-refractivity contribution in [1.82, 2.24) is 4.90 Å². The maximum atomic E-state index is 12.3. The summed E-state index contributed by atoms with van der Waals surface area (Å²) in [5, 5.41) is 16.3. The van der Waals surface area contributed by atoms with Crippen LogP contribution in [0.5, 0.6) is 0 Å². The molecule has 2 aliphatic rings. The molecule has 23 heavy (non-hydrogen) atoms. The Hall–Kier alpha value is -1.15. The van der Waals surface area contributed by atoms with Crippen molar-refractivity contribution in [1.29, 1.82) is 0 Å². The summed E-state index contributed by atoms with van der Waals surface area (Å²) in [5.41, 5.74) is -1.17. The molecule has 8 heteroatoms. The highest BCUT2D eigenvalue weighted by Crippen LogP contribution is 2.43. The Morgan fingerprint density at radius 1 is 1.30 bits per heavy atom. The molecule has 0 bridgehead atoms. The molecule has 3 N–H and O–H groups in total. The Balaban J connectivity index is 2.07. The first-order valence-electron chi connectivity index (χ1n) is 7.61. The standard InChI is InChI=1S/C15H19ClN2O4S/c16-12-6-5-10(9-13(12)23(17,21)22)15(20)8-7-14(19)18(15)11-3-1-2-4-11/h5-6,9,11,20H,1-4,7-8H2,(H2,17,21,22). The van der Waals surface area contributed by atoms with Crippen LogP contribution in [-0.4, -0.2) is 30.4 Å². The summed E-state index contributed by atoms with van der Waals surface area (Å²) in [7, 11) is -4.01. The molecule has 1 saturated carbocycles. The van der Waals surface area contributed by atoms with Gasteiger partial charge in [0.05, 0.1) is 5.02 Å². The van der Waals surface area contributed by atoms with Gasteiger partial charge >= 0.3 is 0 Å². The van der Waals surface area contributed by atoms with Crippen LogP contribution in [0.15, 0.2) is 23.1 Å². The molecule has 1 amide bonds. The number of primary sulfonamides is 1. The lowest BCUT2D eigenvalue weighted by molar-refractivity contribution is -0.154. The van der Waals surface area contributed by atoms with Crippen LogP contribution in [0.2, 0.25) is 5.02 Å². The molecule has 3 rings (SSSR count). The fourth-order valence-corrected chi connectivity index (χ4v) is 4.72. The summed E-state index contributed by atoms with van der Waals surface area (Å²) in [4.78, 5) is 13.6. The Morgan fingerprint density at radius 3 is 2.57 bits per heavy atom. The Morgan fingerprint density at radius 2 is 1.96 bits per heavy atom. The third kappa shape index (κ3) is 2.87. The largest absolute Gasteiger partial charge is 0.367 e. The van der Waals surface area contributed by atoms with Crippen molar-refractivity contribution < 1.29 is 18.3 Å². The smallest absolute Gasteiger partial charge is 0.239 e. The van der Waals surface area contributed by atoms with Crippen molar-refractivity contribution >= 4 is 27.5 Å². The lowest BCUT2D eigenvalue weighted by Gasteiger charge is -2.38. The molecule has 1 unspecified atom stereocenters. The van der Waals surface area contributed by atoms with E-state index in [2.05, 4.69) is 0 Å². The number of hydrogen-bond donors (Lipinski definition) is 2. The number of benzene rings is 1. The van der Waals surface area contributed by atoms with Crippen LogP contribution in [0.1, 0.15) is 44.1 Å². The van der Waals surface area contributed by atoms with Gasteiger partial charge in [-0.25, -0.2) is 13.6 Å². The summed E-state index contributed by atoms with van der Waals surface area (Å²) in [6.45, 7) is 0. The van der Waals surface area contributed by atoms with Crippen LogP contribution in [0.3, 0.4) is 0 Å². The molecule has 126 valence electrons. The maximum Gasteiger partial charge on any atom is 0.239 e. The number of halogens is 1. The quantitative estimate of drug-likeness (QED) is 0.858. The van der Waals surface area contributed by atoms with E-state index in [1.165, 1.54) is 17.0 Å². The number of sulfonamides is 1. The lowest BCUT2D eigenvalue weighted by atomic mass is 9.98. The number of aliphatic hydroxyl groups is 1. The molecule has 1 saturated heterocycles. The first kappa shape index (κ1) is 16.7. The normalized spacial score (nSPS) is 26.2. The van der Waals surface area contributed by atoms with E-state index >= 15 is 0 Å². The third-order valence-electron chi connectivity index (χ3n) is 4.74. The third-order valence-corrected chi connectivity index (χ3v) is 6.14. The molecule has 2 fully saturated rings. The Labute approximate surface area is 140 Å². The summed E-state index contributed by atoms with van der Waals surface area (Å²) < 4.78 is 23.3. The van der Waals surface area contributed by atoms with E-state index in [0.29, 0.717) is 5.56 Å². The van der Waals surface area contributed by atoms with E-state index in [0.717, 1.165) is 25.7 Å². The summed E-state index contributed by atoms with van der Waals surface area (Å²) in [5.74, 6) is -0.105. The molecule has 1 heterocycles. The van der Waals surface area contributed by atoms with Crippen molar-refractivity contribution in [2.45, 2.75) is 55.2 Å². The molecule has 0 radical (unpaired) electrons. The van der Waals surface area contributed by atoms with Gasteiger partial charge in [0.2, 0.25) is 15.9 Å². The number of nitrogens with zero attached hydrogens (tertiary/aromatic N) is 1. The zero-order chi connectivity index (χ0) is 16.8. The van der Waals surface area contributed by atoms with E-state index in [1.807, 2.05) is 0 Å². The minimum Gasteiger partial charge on any atom is -0.367 e. The minimum atomic E-state index is -4.01. The second-order valence-corrected chi connectivity index (χ2v) is 8.15. The van der Waals surface area contributed by atoms with Crippen molar-refractivity contribution in [3.05, 3.63) is 28.8 Å². The van der Waals surface area contributed by atoms with E-state index in [4.69, 9.17) is 16.7 Å². The number of carbonyl (C=O) groups is 1. The average molecular weight is 359 g/mol. The molecule has 0 aromatic heterocycles. The van der Waals surface area contributed by atoms with E-state index in [-0.39, 0.29) is 34.7 Å². The van der Waals surface area contributed by atoms with Gasteiger partial charge in [0.1, 0.15) is 4.90 Å². The zero-order valence-electron chi connectivity index (χ0n) is 12.5. The molecule has 1 atom stereocenters. The molecular weight excluding hydrogens is 340 g/mol. The summed E-state index contributed by atoms with van der Waals surface area (Å²) >= 11 is 5.90. The van der Waals surface area contributed by atoms with E-state index < -0.39 is 15.7 Å². The Bertz CT molecular complexity index is 746. The van der Waals surface area contributed by atoms with Crippen molar-refractivity contribution in [2.24, 2.45) is 5.14 Å². The van der Waals surface area contributed by atoms with Crippen LogP contribution in [0.25, 0.3) is 0 Å². The molecular formula is C15H19ClN2O4S. The predicted octanol–water partition coefficient (Wildman–Crippen LogP) is 1.70. The number of likely N-dealkylation sites (tertiary alicyclic amines) is 1. The highest BCUT2D eigenvalue weighted by Gasteiger charge is 2.49. The lowest BCUT2D eigenvalue weighted by Crippen LogP contribution is -2.48. The Kier molecular flexibility index (Phi) is 4.16. The molecule has 1 aromatic carbocycles. The van der Waals surface area contributed by atoms with Gasteiger partial charge in [-0.3, -0.25) is 4.79 Å². The van der Waals surface area contributed by atoms with Gasteiger partial charge < -0.3 is 10.0 Å². The van der Waals surface area contributed by atoms with Crippen LogP contribution in [0, 0.1) is 0 Å². The highest BCUT2D eigenvalue weighted by molar-refractivity contribution is 7.89. The fraction of sp³-hybridized carbons (Fsp3) is 0.533. The van der Waals surface area contributed by atoms with Gasteiger partial charge in [0.15, 0.2) is 5.72 Å². The average Bonchev–Trinajstić information content (AvgIpc) is 3.07. The van der Waals surface area contributed by atoms with Gasteiger partial charge in [0.25, 0.3) is 0 Å². The first-order valence-corrected chi connectivity index (χ1v) is 9.53. The van der Waals surface area contributed by atoms with E-state index in [1.54, 1.807) is 6.07 Å². The molecule has 6 nitrogen and oxygen atoms in total. The monoisotopic (exact) mass is 358 g/mol. The molecule has 1 aromatic rings. The maximum absolute atomic E-state index is 12.3. The summed E-state index contributed by atoms with van der Waals surface area (Å²) in [6.07, 6.45) is 4.21. The minimum absolute atomic E-state index is 0.00316. The van der Waals surface area contributed by atoms with Crippen molar-refractivity contribution in [3.63, 3.8) is 0 Å². The van der Waals surface area contributed by atoms with Crippen LogP contribution >= 0.6 is 11.6 Å². The van der Waals surface area contributed by atoms with Crippen molar-refractivity contribution in [2.75, 3.05) is 0 Å². The molecule has 1 aliphatic heterocycles. The van der Waals surface area contributed by atoms with Gasteiger partial charge in [-0.05, 0) is 25.0 Å². The van der Waals surface area contributed by atoms with Gasteiger partial charge in [-0.15, -0.1) is 0 Å². The second kappa shape index (κ2) is 5.73. The number of rotatable bonds is 3. The first-order chi connectivity index (χ1) is 10.7. The fourth-order valence-electron chi connectivity index (χ4n) is 3.65. The number of amides is 1. The topological polar surface area (TPSA) is 101 Å². The SMILES string of the molecule is NS(=O)(=O)c1cc(C2(O)CCC(=O)N2C2CCCC2)ccc1Cl. The predicted molar refractivity (Wildman–Crippen MR) is 85.1 cm³/mol. The van der Waals surface area contributed by atoms with Crippen LogP contribution in [0.4, 0.5) is 0 Å². The van der Waals surface area contributed by atoms with E-state index in [9.17, 15) is 18.3 Å². The van der Waals surface area contributed by atoms with Gasteiger partial charge in [-0.2, -0.15) is 0 Å². The second-order valence-electron chi connectivity index (χ2n) is 6.21. The molecule has 1 aliphatic carbocycles. The summed E-state index contributed by atoms with van der Waals surface area (Å²) in [6, 6.07) is 4.21. The highest BCUT2D eigenvalue weighted by atomic mass is 35.5. The molecule has 0 spiro atoms. The zero-order valence-corrected chi connectivity index (χ0v) is 14.1. The van der Waals surface area contributed by atoms with Gasteiger partial charge in [0, 0.05) is 24.4 Å². The number of hydrogen-bond acceptors (Lipinski definition) is 4.